The Hall–Kier alpha value is -4.33. The van der Waals surface area contributed by atoms with Crippen LogP contribution in [0, 0.1) is 0 Å². The molecule has 17 nitrogen and oxygen atoms in total. The van der Waals surface area contributed by atoms with Gasteiger partial charge in [0.2, 0.25) is 11.2 Å². The second kappa shape index (κ2) is 14.2. The van der Waals surface area contributed by atoms with Gasteiger partial charge in [0, 0.05) is 24.8 Å². The maximum Gasteiger partial charge on any atom is 0.372 e. The predicted molar refractivity (Wildman–Crippen MR) is 176 cm³/mol. The molecule has 0 spiro atoms. The van der Waals surface area contributed by atoms with Crippen molar-refractivity contribution in [1.82, 2.24) is 0 Å². The normalized spacial score (nSPS) is 31.6. The molecule has 3 aromatic rings. The molecule has 0 saturated carbocycles. The number of fused-ring (bicyclic) bond motifs is 2. The summed E-state index contributed by atoms with van der Waals surface area (Å²) in [5, 5.41) is 83.8. The number of methoxy groups -OCH3 is 1. The first-order chi connectivity index (χ1) is 24.5. The van der Waals surface area contributed by atoms with E-state index in [1.165, 1.54) is 38.3 Å². The minimum Gasteiger partial charge on any atom is -0.507 e. The predicted octanol–water partition coefficient (Wildman–Crippen LogP) is 0.479. The lowest BCUT2D eigenvalue weighted by Gasteiger charge is -2.42. The minimum absolute atomic E-state index is 0.0721. The van der Waals surface area contributed by atoms with Gasteiger partial charge in [0.05, 0.1) is 49.3 Å². The summed E-state index contributed by atoms with van der Waals surface area (Å²) in [6, 6.07) is 5.90. The second-order valence-electron chi connectivity index (χ2n) is 13.6. The van der Waals surface area contributed by atoms with Gasteiger partial charge in [-0.3, -0.25) is 4.79 Å². The van der Waals surface area contributed by atoms with Crippen LogP contribution in [0.4, 0.5) is 0 Å². The van der Waals surface area contributed by atoms with E-state index in [1.54, 1.807) is 6.92 Å². The van der Waals surface area contributed by atoms with Gasteiger partial charge in [-0.25, -0.2) is 9.59 Å². The molecule has 2 aromatic carbocycles. The molecule has 3 aliphatic rings. The number of aromatic carboxylic acids is 1. The van der Waals surface area contributed by atoms with Crippen LogP contribution in [-0.2, 0) is 25.4 Å². The number of aromatic hydroxyl groups is 1. The van der Waals surface area contributed by atoms with E-state index in [0.717, 1.165) is 0 Å². The Kier molecular flexibility index (Phi) is 10.3. The maximum atomic E-state index is 14.4. The molecule has 8 N–H and O–H groups in total. The monoisotopic (exact) mass is 732 g/mol. The van der Waals surface area contributed by atoms with Crippen molar-refractivity contribution >= 4 is 22.9 Å². The maximum absolute atomic E-state index is 14.4. The van der Waals surface area contributed by atoms with Crippen molar-refractivity contribution in [1.29, 1.82) is 0 Å². The molecular formula is C35H40O17. The number of ether oxygens (including phenoxy) is 5. The van der Waals surface area contributed by atoms with Crippen molar-refractivity contribution in [3.8, 4) is 28.4 Å². The Labute approximate surface area is 295 Å². The fourth-order valence-electron chi connectivity index (χ4n) is 7.25. The number of aliphatic hydroxyl groups excluding tert-OH is 5. The summed E-state index contributed by atoms with van der Waals surface area (Å²) in [5.74, 6) is -3.98. The zero-order valence-corrected chi connectivity index (χ0v) is 28.3. The van der Waals surface area contributed by atoms with Crippen molar-refractivity contribution < 1.29 is 78.5 Å². The molecule has 10 atom stereocenters. The van der Waals surface area contributed by atoms with Crippen LogP contribution in [0.1, 0.15) is 54.5 Å². The smallest absolute Gasteiger partial charge is 0.372 e. The van der Waals surface area contributed by atoms with Gasteiger partial charge < -0.3 is 69.0 Å². The molecule has 17 heteroatoms. The van der Waals surface area contributed by atoms with Gasteiger partial charge in [-0.1, -0.05) is 12.1 Å². The molecule has 3 aliphatic heterocycles. The molecular weight excluding hydrogens is 692 g/mol. The van der Waals surface area contributed by atoms with Gasteiger partial charge in [-0.15, -0.1) is 0 Å². The van der Waals surface area contributed by atoms with Crippen LogP contribution in [0.25, 0.3) is 22.1 Å². The number of aliphatic hydroxyl groups is 5. The first kappa shape index (κ1) is 37.4. The Morgan fingerprint density at radius 2 is 1.65 bits per heavy atom. The van der Waals surface area contributed by atoms with Crippen molar-refractivity contribution in [2.75, 3.05) is 20.3 Å². The Morgan fingerprint density at radius 1 is 0.962 bits per heavy atom. The highest BCUT2D eigenvalue weighted by Crippen LogP contribution is 2.53. The lowest BCUT2D eigenvalue weighted by molar-refractivity contribution is -0.225. The first-order valence-corrected chi connectivity index (χ1v) is 16.5. The number of aliphatic carboxylic acids is 1. The number of carboxylic acids is 2. The van der Waals surface area contributed by atoms with E-state index in [1.807, 2.05) is 0 Å². The minimum atomic E-state index is -1.63. The third kappa shape index (κ3) is 6.69. The highest BCUT2D eigenvalue weighted by molar-refractivity contribution is 6.00. The Morgan fingerprint density at radius 3 is 2.29 bits per heavy atom. The highest BCUT2D eigenvalue weighted by Gasteiger charge is 2.50. The van der Waals surface area contributed by atoms with Crippen LogP contribution >= 0.6 is 0 Å². The van der Waals surface area contributed by atoms with Gasteiger partial charge in [-0.2, -0.15) is 0 Å². The summed E-state index contributed by atoms with van der Waals surface area (Å²) in [7, 11) is 1.43. The van der Waals surface area contributed by atoms with Crippen LogP contribution in [0.3, 0.4) is 0 Å². The quantitative estimate of drug-likeness (QED) is 0.141. The largest absolute Gasteiger partial charge is 0.507 e. The molecule has 6 rings (SSSR count). The topological polar surface area (TPSA) is 272 Å². The summed E-state index contributed by atoms with van der Waals surface area (Å²) >= 11 is 0. The third-order valence-electron chi connectivity index (χ3n) is 9.85. The van der Waals surface area contributed by atoms with Gasteiger partial charge in [0.1, 0.15) is 65.4 Å². The van der Waals surface area contributed by atoms with E-state index in [4.69, 9.17) is 33.2 Å². The zero-order chi connectivity index (χ0) is 37.8. The number of rotatable bonds is 10. The summed E-state index contributed by atoms with van der Waals surface area (Å²) in [5.41, 5.74) is -2.95. The van der Waals surface area contributed by atoms with Gasteiger partial charge in [-0.05, 0) is 31.5 Å². The zero-order valence-electron chi connectivity index (χ0n) is 28.3. The average molecular weight is 733 g/mol. The van der Waals surface area contributed by atoms with E-state index in [9.17, 15) is 50.1 Å². The molecule has 52 heavy (non-hydrogen) atoms. The summed E-state index contributed by atoms with van der Waals surface area (Å²) in [6.07, 6.45) is -12.6. The first-order valence-electron chi connectivity index (χ1n) is 16.5. The van der Waals surface area contributed by atoms with Gasteiger partial charge >= 0.3 is 11.9 Å². The Bertz CT molecular complexity index is 1910. The Balaban J connectivity index is 1.53. The van der Waals surface area contributed by atoms with Crippen molar-refractivity contribution in [2.45, 2.75) is 93.6 Å². The summed E-state index contributed by atoms with van der Waals surface area (Å²) in [6.45, 7) is 1.91. The van der Waals surface area contributed by atoms with E-state index in [2.05, 4.69) is 0 Å². The molecule has 1 aromatic heterocycles. The molecule has 0 amide bonds. The van der Waals surface area contributed by atoms with Crippen molar-refractivity contribution in [3.05, 3.63) is 51.4 Å². The van der Waals surface area contributed by atoms with Crippen LogP contribution in [0.2, 0.25) is 0 Å². The van der Waals surface area contributed by atoms with Crippen molar-refractivity contribution in [2.24, 2.45) is 0 Å². The number of benzene rings is 2. The number of carbonyl (C=O) groups is 2. The van der Waals surface area contributed by atoms with Crippen LogP contribution < -0.4 is 14.9 Å². The van der Waals surface area contributed by atoms with Gasteiger partial charge in [0.15, 0.2) is 5.58 Å². The van der Waals surface area contributed by atoms with Crippen LogP contribution in [0.5, 0.6) is 17.2 Å². The third-order valence-corrected chi connectivity index (χ3v) is 9.85. The number of phenols is 1. The molecule has 0 aliphatic carbocycles. The molecule has 282 valence electrons. The molecule has 2 fully saturated rings. The fourth-order valence-corrected chi connectivity index (χ4v) is 7.25. The summed E-state index contributed by atoms with van der Waals surface area (Å²) in [4.78, 5) is 38.2. The SMILES string of the molecule is COc1ccc(-c2c(C(=O)O)oc3c(C4C[C@@H](O)C(O)C(COCC(=O)O)O4)c4c(c(O)c3c2=O)CC(C)(C[C@@H]2O[C@@H](C)[C@@H](O)[C@@H](O)[C@@H]2O)O4)cc1. The average Bonchev–Trinajstić information content (AvgIpc) is 3.44. The van der Waals surface area contributed by atoms with Crippen molar-refractivity contribution in [3.63, 3.8) is 0 Å². The molecule has 0 radical (unpaired) electrons. The van der Waals surface area contributed by atoms with Gasteiger partial charge in [0.25, 0.3) is 0 Å². The molecule has 4 heterocycles. The highest BCUT2D eigenvalue weighted by atomic mass is 16.6. The number of phenolic OH excluding ortho intramolecular Hbond substituents is 1. The molecule has 0 bridgehead atoms. The summed E-state index contributed by atoms with van der Waals surface area (Å²) < 4.78 is 34.7. The van der Waals surface area contributed by atoms with Crippen LogP contribution in [0.15, 0.2) is 33.5 Å². The lowest BCUT2D eigenvalue weighted by atomic mass is 9.85. The lowest BCUT2D eigenvalue weighted by Crippen LogP contribution is -2.58. The van der Waals surface area contributed by atoms with E-state index < -0.39 is 114 Å². The molecule has 4 unspecified atom stereocenters. The second-order valence-corrected chi connectivity index (χ2v) is 13.6. The molecule has 2 saturated heterocycles. The van der Waals surface area contributed by atoms with Crippen LogP contribution in [-0.4, -0.2) is 128 Å². The van der Waals surface area contributed by atoms with E-state index >= 15 is 0 Å². The number of carboxylic acid groups (broad SMARTS) is 2. The van der Waals surface area contributed by atoms with E-state index in [0.29, 0.717) is 5.75 Å². The number of hydrogen-bond acceptors (Lipinski definition) is 15. The standard InChI is InChI=1S/C35H40O17/c1-13-25(39)30(44)28(42)19(49-13)10-35(2)9-16-26(40)24-29(43)22(14-4-6-15(47-3)7-5-14)33(34(45)46)51-32(24)23(31(16)52-35)18-8-17(36)27(41)20(50-18)11-48-12-21(37)38/h4-7,13,17-20,25,27-28,30,36,39-42,44H,8-12H2,1-3H3,(H,37,38)(H,45,46)/t13-,17+,18?,19-,20?,25+,27?,28+,30+,35?/m0/s1. The van der Waals surface area contributed by atoms with E-state index in [-0.39, 0.29) is 47.3 Å². The number of hydrogen-bond donors (Lipinski definition) is 8. The fraction of sp³-hybridized carbons (Fsp3) is 0.514.